The molecule has 4 atom stereocenters. The van der Waals surface area contributed by atoms with E-state index in [0.717, 1.165) is 108 Å². The van der Waals surface area contributed by atoms with Crippen LogP contribution in [0.25, 0.3) is 44.2 Å². The van der Waals surface area contributed by atoms with E-state index in [2.05, 4.69) is 79.0 Å². The van der Waals surface area contributed by atoms with Gasteiger partial charge >= 0.3 is 12.2 Å². The summed E-state index contributed by atoms with van der Waals surface area (Å²) in [7, 11) is 2.60. The molecule has 0 saturated carbocycles. The highest BCUT2D eigenvalue weighted by molar-refractivity contribution is 5.91. The summed E-state index contributed by atoms with van der Waals surface area (Å²) in [5, 5.41) is 6.62. The fourth-order valence-corrected chi connectivity index (χ4v) is 9.89. The average molecular weight is 871 g/mol. The Morgan fingerprint density at radius 1 is 0.641 bits per heavy atom. The molecule has 3 aliphatic heterocycles. The van der Waals surface area contributed by atoms with Crippen molar-refractivity contribution in [2.45, 2.75) is 90.4 Å². The molecule has 6 aromatic rings. The second-order valence-corrected chi connectivity index (χ2v) is 18.2. The molecule has 9 rings (SSSR count). The molecule has 0 radical (unpaired) electrons. The summed E-state index contributed by atoms with van der Waals surface area (Å²) in [6.07, 6.45) is 3.88. The van der Waals surface area contributed by atoms with E-state index in [1.807, 2.05) is 43.6 Å². The molecule has 16 nitrogen and oxygen atoms in total. The number of anilines is 1. The molecule has 0 spiro atoms. The van der Waals surface area contributed by atoms with Crippen LogP contribution < -0.4 is 15.5 Å². The molecule has 4 unspecified atom stereocenters. The van der Waals surface area contributed by atoms with Gasteiger partial charge in [-0.15, -0.1) is 0 Å². The number of hydrogen-bond donors (Lipinski definition) is 5. The van der Waals surface area contributed by atoms with Crippen molar-refractivity contribution in [2.75, 3.05) is 45.3 Å². The molecule has 6 heterocycles. The highest BCUT2D eigenvalue weighted by Gasteiger charge is 2.39. The number of aromatic amines is 3. The lowest BCUT2D eigenvalue weighted by atomic mass is 10.0. The summed E-state index contributed by atoms with van der Waals surface area (Å²) in [4.78, 5) is 78.3. The van der Waals surface area contributed by atoms with Crippen LogP contribution >= 0.6 is 0 Å². The first-order valence-electron chi connectivity index (χ1n) is 22.6. The molecule has 16 heteroatoms. The van der Waals surface area contributed by atoms with Crippen molar-refractivity contribution < 1.29 is 28.7 Å². The van der Waals surface area contributed by atoms with Gasteiger partial charge in [0.25, 0.3) is 0 Å². The van der Waals surface area contributed by atoms with Gasteiger partial charge in [-0.1, -0.05) is 33.8 Å². The molecule has 4 amide bonds. The first-order valence-corrected chi connectivity index (χ1v) is 22.6. The number of benzene rings is 3. The van der Waals surface area contributed by atoms with E-state index >= 15 is 0 Å². The van der Waals surface area contributed by atoms with Crippen molar-refractivity contribution in [3.8, 4) is 11.3 Å². The first kappa shape index (κ1) is 42.7. The highest BCUT2D eigenvalue weighted by atomic mass is 16.5. The maximum absolute atomic E-state index is 13.7. The number of fused-ring (bicyclic) bond motifs is 4. The topological polar surface area (TPSA) is 194 Å². The van der Waals surface area contributed by atoms with Crippen LogP contribution in [-0.4, -0.2) is 111 Å². The monoisotopic (exact) mass is 870 g/mol. The van der Waals surface area contributed by atoms with E-state index in [1.165, 1.54) is 30.7 Å². The van der Waals surface area contributed by atoms with E-state index in [0.29, 0.717) is 13.1 Å². The number of amides is 4. The molecule has 2 saturated heterocycles. The molecule has 0 aliphatic carbocycles. The first-order chi connectivity index (χ1) is 30.9. The van der Waals surface area contributed by atoms with Gasteiger partial charge in [-0.2, -0.15) is 0 Å². The van der Waals surface area contributed by atoms with Crippen molar-refractivity contribution in [1.82, 2.24) is 45.4 Å². The van der Waals surface area contributed by atoms with Gasteiger partial charge in [0, 0.05) is 54.0 Å². The molecule has 3 aromatic heterocycles. The zero-order chi connectivity index (χ0) is 44.8. The Hall–Kier alpha value is -6.58. The number of H-pyrrole nitrogens is 3. The molecule has 3 aromatic carbocycles. The van der Waals surface area contributed by atoms with Gasteiger partial charge in [-0.25, -0.2) is 19.6 Å². The van der Waals surface area contributed by atoms with Gasteiger partial charge in [0.2, 0.25) is 11.8 Å². The average Bonchev–Trinajstić information content (AvgIpc) is 4.14. The van der Waals surface area contributed by atoms with Crippen molar-refractivity contribution >= 4 is 62.7 Å². The quantitative estimate of drug-likeness (QED) is 0.0941. The summed E-state index contributed by atoms with van der Waals surface area (Å²) >= 11 is 0. The standard InChI is InChI=1S/C48H58N10O6/c1-26(2)41(54-47(61)63-5)45(59)57-17-7-9-39(57)43-50-33-13-11-30(23-37(33)52-43)35-24-31-21-28-15-19-56(20-16-29(28)22-36(31)49-35)32-12-14-34-38(25-32)53-44(51-34)40-10-8-18-58(40)46(60)42(27(3)4)55-48(62)64-6/h11-14,21-27,39-42,49H,7-10,15-20H2,1-6H3,(H,50,52)(H,51,53)(H,54,61)(H,55,62). The number of nitrogens with zero attached hydrogens (tertiary/aromatic N) is 5. The summed E-state index contributed by atoms with van der Waals surface area (Å²) in [5.41, 5.74) is 10.5. The third-order valence-electron chi connectivity index (χ3n) is 13.4. The van der Waals surface area contributed by atoms with E-state index in [1.54, 1.807) is 0 Å². The number of likely N-dealkylation sites (tertiary alicyclic amines) is 2. The van der Waals surface area contributed by atoms with Gasteiger partial charge in [-0.05, 0) is 110 Å². The van der Waals surface area contributed by atoms with Crippen molar-refractivity contribution in [3.63, 3.8) is 0 Å². The van der Waals surface area contributed by atoms with Gasteiger partial charge < -0.3 is 49.8 Å². The molecule has 5 N–H and O–H groups in total. The Labute approximate surface area is 371 Å². The molecule has 3 aliphatic rings. The number of imidazole rings is 2. The minimum atomic E-state index is -0.688. The molecule has 0 bridgehead atoms. The number of alkyl carbamates (subject to hydrolysis) is 2. The number of hydrogen-bond acceptors (Lipinski definition) is 9. The van der Waals surface area contributed by atoms with Crippen LogP contribution in [0, 0.1) is 11.8 Å². The van der Waals surface area contributed by atoms with Crippen molar-refractivity contribution in [2.24, 2.45) is 11.8 Å². The minimum absolute atomic E-state index is 0.101. The second-order valence-electron chi connectivity index (χ2n) is 18.2. The smallest absolute Gasteiger partial charge is 0.407 e. The number of carbonyl (C=O) groups is 4. The maximum atomic E-state index is 13.7. The van der Waals surface area contributed by atoms with Crippen LogP contribution in [-0.2, 0) is 31.9 Å². The summed E-state index contributed by atoms with van der Waals surface area (Å²) in [5.74, 6) is 1.06. The maximum Gasteiger partial charge on any atom is 0.407 e. The van der Waals surface area contributed by atoms with Crippen LogP contribution in [0.3, 0.4) is 0 Å². The number of ether oxygens (including phenoxy) is 2. The Bertz CT molecular complexity index is 2690. The number of carbonyl (C=O) groups excluding carboxylic acids is 4. The number of nitrogens with one attached hydrogen (secondary N) is 5. The largest absolute Gasteiger partial charge is 0.453 e. The Balaban J connectivity index is 0.882. The summed E-state index contributed by atoms with van der Waals surface area (Å²) < 4.78 is 9.59. The predicted octanol–water partition coefficient (Wildman–Crippen LogP) is 7.28. The van der Waals surface area contributed by atoms with E-state index < -0.39 is 24.3 Å². The number of rotatable bonds is 10. The lowest BCUT2D eigenvalue weighted by Gasteiger charge is -2.29. The third kappa shape index (κ3) is 8.21. The molecule has 64 heavy (non-hydrogen) atoms. The lowest BCUT2D eigenvalue weighted by molar-refractivity contribution is -0.136. The van der Waals surface area contributed by atoms with Gasteiger partial charge in [0.15, 0.2) is 0 Å². The predicted molar refractivity (Wildman–Crippen MR) is 245 cm³/mol. The van der Waals surface area contributed by atoms with Crippen molar-refractivity contribution in [3.05, 3.63) is 77.4 Å². The van der Waals surface area contributed by atoms with Crippen molar-refractivity contribution in [1.29, 1.82) is 0 Å². The third-order valence-corrected chi connectivity index (χ3v) is 13.4. The van der Waals surface area contributed by atoms with Crippen LogP contribution in [0.1, 0.15) is 88.2 Å². The van der Waals surface area contributed by atoms with Crippen LogP contribution in [0.5, 0.6) is 0 Å². The summed E-state index contributed by atoms with van der Waals surface area (Å²) in [6.45, 7) is 10.6. The van der Waals surface area contributed by atoms with Crippen LogP contribution in [0.4, 0.5) is 15.3 Å². The zero-order valence-corrected chi connectivity index (χ0v) is 37.4. The number of aromatic nitrogens is 5. The summed E-state index contributed by atoms with van der Waals surface area (Å²) in [6, 6.07) is 17.7. The van der Waals surface area contributed by atoms with Gasteiger partial charge in [0.1, 0.15) is 23.7 Å². The van der Waals surface area contributed by atoms with E-state index in [9.17, 15) is 19.2 Å². The number of methoxy groups -OCH3 is 2. The fourth-order valence-electron chi connectivity index (χ4n) is 9.89. The minimum Gasteiger partial charge on any atom is -0.453 e. The molecule has 336 valence electrons. The Kier molecular flexibility index (Phi) is 11.7. The van der Waals surface area contributed by atoms with Gasteiger partial charge in [0.05, 0.1) is 48.4 Å². The van der Waals surface area contributed by atoms with Crippen LogP contribution in [0.15, 0.2) is 54.6 Å². The van der Waals surface area contributed by atoms with E-state index in [4.69, 9.17) is 19.4 Å². The molecule has 2 fully saturated rings. The molecular weight excluding hydrogens is 813 g/mol. The molecular formula is C48H58N10O6. The normalized spacial score (nSPS) is 18.8. The van der Waals surface area contributed by atoms with Gasteiger partial charge in [-0.3, -0.25) is 9.59 Å². The highest BCUT2D eigenvalue weighted by Crippen LogP contribution is 2.36. The lowest BCUT2D eigenvalue weighted by Crippen LogP contribution is -2.51. The zero-order valence-electron chi connectivity index (χ0n) is 37.4. The Morgan fingerprint density at radius 2 is 1.17 bits per heavy atom. The Morgan fingerprint density at radius 3 is 1.72 bits per heavy atom. The second kappa shape index (κ2) is 17.5. The SMILES string of the molecule is COC(=O)NC(C(=O)N1CCCC1c1nc2ccc(-c3cc4cc5c(cc4[nH]3)CCN(c3ccc4nc(C6CCCN6C(=O)C(NC(=O)OC)C(C)C)[nH]c4c3)CC5)cc2[nH]1)C(C)C. The fraction of sp³-hybridized carbons (Fsp3) is 0.458. The van der Waals surface area contributed by atoms with Crippen LogP contribution in [0.2, 0.25) is 0 Å². The van der Waals surface area contributed by atoms with E-state index in [-0.39, 0.29) is 35.7 Å².